The standard InChI is InChI=1S/C14H29N3O/c1-3-13-10-16(2)7-5-8-17(13)14(11-15)6-4-9-18-12-14/h13H,3-12,15H2,1-2H3. The molecular weight excluding hydrogens is 226 g/mol. The first-order valence-corrected chi connectivity index (χ1v) is 7.45. The first-order valence-electron chi connectivity index (χ1n) is 7.45. The average Bonchev–Trinajstić information content (AvgIpc) is 2.61. The summed E-state index contributed by atoms with van der Waals surface area (Å²) in [6, 6.07) is 0.628. The summed E-state index contributed by atoms with van der Waals surface area (Å²) >= 11 is 0. The van der Waals surface area contributed by atoms with Gasteiger partial charge in [-0.25, -0.2) is 0 Å². The Morgan fingerprint density at radius 1 is 1.33 bits per heavy atom. The number of nitrogens with zero attached hydrogens (tertiary/aromatic N) is 2. The number of nitrogens with two attached hydrogens (primary N) is 1. The van der Waals surface area contributed by atoms with E-state index in [0.717, 1.165) is 32.7 Å². The number of hydrogen-bond acceptors (Lipinski definition) is 4. The minimum atomic E-state index is 0.101. The molecule has 0 spiro atoms. The van der Waals surface area contributed by atoms with Crippen LogP contribution in [0.1, 0.15) is 32.6 Å². The molecule has 0 aliphatic carbocycles. The van der Waals surface area contributed by atoms with Gasteiger partial charge in [-0.05, 0) is 39.3 Å². The summed E-state index contributed by atoms with van der Waals surface area (Å²) in [5.74, 6) is 0. The van der Waals surface area contributed by atoms with Crippen LogP contribution in [0.5, 0.6) is 0 Å². The van der Waals surface area contributed by atoms with Crippen LogP contribution in [-0.2, 0) is 4.74 Å². The Labute approximate surface area is 111 Å². The van der Waals surface area contributed by atoms with Crippen LogP contribution in [0.3, 0.4) is 0 Å². The molecule has 18 heavy (non-hydrogen) atoms. The topological polar surface area (TPSA) is 41.7 Å². The van der Waals surface area contributed by atoms with Gasteiger partial charge in [0.15, 0.2) is 0 Å². The molecule has 0 aromatic rings. The van der Waals surface area contributed by atoms with Gasteiger partial charge in [0.1, 0.15) is 0 Å². The second-order valence-electron chi connectivity index (χ2n) is 5.96. The molecule has 2 saturated heterocycles. The molecule has 2 heterocycles. The predicted octanol–water partition coefficient (Wildman–Crippen LogP) is 0.910. The van der Waals surface area contributed by atoms with Crippen LogP contribution in [0.25, 0.3) is 0 Å². The third-order valence-corrected chi connectivity index (χ3v) is 4.66. The van der Waals surface area contributed by atoms with E-state index in [1.54, 1.807) is 0 Å². The molecule has 0 radical (unpaired) electrons. The zero-order valence-electron chi connectivity index (χ0n) is 12.0. The Kier molecular flexibility index (Phi) is 5.01. The van der Waals surface area contributed by atoms with Crippen molar-refractivity contribution in [2.75, 3.05) is 46.4 Å². The third kappa shape index (κ3) is 2.87. The summed E-state index contributed by atoms with van der Waals surface area (Å²) in [5, 5.41) is 0. The van der Waals surface area contributed by atoms with Gasteiger partial charge >= 0.3 is 0 Å². The summed E-state index contributed by atoms with van der Waals surface area (Å²) in [7, 11) is 2.23. The highest BCUT2D eigenvalue weighted by Gasteiger charge is 2.41. The lowest BCUT2D eigenvalue weighted by atomic mass is 9.88. The third-order valence-electron chi connectivity index (χ3n) is 4.66. The maximum Gasteiger partial charge on any atom is 0.0662 e. The van der Waals surface area contributed by atoms with Gasteiger partial charge in [-0.1, -0.05) is 6.92 Å². The van der Waals surface area contributed by atoms with Gasteiger partial charge in [0, 0.05) is 32.3 Å². The zero-order valence-corrected chi connectivity index (χ0v) is 12.0. The molecule has 106 valence electrons. The Balaban J connectivity index is 2.15. The monoisotopic (exact) mass is 255 g/mol. The van der Waals surface area contributed by atoms with Crippen molar-refractivity contribution >= 4 is 0 Å². The molecule has 2 atom stereocenters. The van der Waals surface area contributed by atoms with Crippen molar-refractivity contribution in [2.45, 2.75) is 44.2 Å². The first kappa shape index (κ1) is 14.3. The van der Waals surface area contributed by atoms with Crippen molar-refractivity contribution in [3.05, 3.63) is 0 Å². The second-order valence-corrected chi connectivity index (χ2v) is 5.96. The van der Waals surface area contributed by atoms with Gasteiger partial charge in [0.25, 0.3) is 0 Å². The lowest BCUT2D eigenvalue weighted by molar-refractivity contribution is -0.0624. The normalized spacial score (nSPS) is 36.5. The van der Waals surface area contributed by atoms with E-state index in [-0.39, 0.29) is 5.54 Å². The predicted molar refractivity (Wildman–Crippen MR) is 74.7 cm³/mol. The lowest BCUT2D eigenvalue weighted by Crippen LogP contribution is -2.62. The van der Waals surface area contributed by atoms with Crippen LogP contribution >= 0.6 is 0 Å². The van der Waals surface area contributed by atoms with E-state index >= 15 is 0 Å². The van der Waals surface area contributed by atoms with Crippen molar-refractivity contribution in [1.82, 2.24) is 9.80 Å². The van der Waals surface area contributed by atoms with Gasteiger partial charge in [0.05, 0.1) is 12.1 Å². The molecule has 2 N–H and O–H groups in total. The SMILES string of the molecule is CCC1CN(C)CCCN1C1(CN)CCCOC1. The maximum atomic E-state index is 6.14. The Hall–Kier alpha value is -0.160. The molecule has 2 rings (SSSR count). The van der Waals surface area contributed by atoms with Crippen molar-refractivity contribution < 1.29 is 4.74 Å². The van der Waals surface area contributed by atoms with E-state index in [0.29, 0.717) is 6.04 Å². The molecule has 2 fully saturated rings. The Morgan fingerprint density at radius 2 is 2.17 bits per heavy atom. The van der Waals surface area contributed by atoms with Crippen molar-refractivity contribution in [3.8, 4) is 0 Å². The molecule has 0 bridgehead atoms. The fourth-order valence-electron chi connectivity index (χ4n) is 3.56. The van der Waals surface area contributed by atoms with E-state index in [2.05, 4.69) is 23.8 Å². The van der Waals surface area contributed by atoms with Gasteiger partial charge < -0.3 is 15.4 Å². The highest BCUT2D eigenvalue weighted by molar-refractivity contribution is 4.98. The van der Waals surface area contributed by atoms with Crippen LogP contribution < -0.4 is 5.73 Å². The van der Waals surface area contributed by atoms with Crippen molar-refractivity contribution in [1.29, 1.82) is 0 Å². The Morgan fingerprint density at radius 3 is 2.78 bits per heavy atom. The van der Waals surface area contributed by atoms with Crippen molar-refractivity contribution in [3.63, 3.8) is 0 Å². The molecule has 0 saturated carbocycles. The summed E-state index contributed by atoms with van der Waals surface area (Å²) in [5.41, 5.74) is 6.24. The molecule has 0 aromatic heterocycles. The number of likely N-dealkylation sites (N-methyl/N-ethyl adjacent to an activating group) is 1. The van der Waals surface area contributed by atoms with Crippen LogP contribution in [-0.4, -0.2) is 67.8 Å². The minimum Gasteiger partial charge on any atom is -0.379 e. The minimum absolute atomic E-state index is 0.101. The number of hydrogen-bond donors (Lipinski definition) is 1. The summed E-state index contributed by atoms with van der Waals surface area (Å²) in [6.45, 7) is 8.30. The molecule has 0 aromatic carbocycles. The smallest absolute Gasteiger partial charge is 0.0662 e. The highest BCUT2D eigenvalue weighted by Crippen LogP contribution is 2.30. The molecule has 2 aliphatic rings. The summed E-state index contributed by atoms with van der Waals surface area (Å²) in [6.07, 6.45) is 4.80. The van der Waals surface area contributed by atoms with Gasteiger partial charge in [0.2, 0.25) is 0 Å². The van der Waals surface area contributed by atoms with Crippen molar-refractivity contribution in [2.24, 2.45) is 5.73 Å². The average molecular weight is 255 g/mol. The van der Waals surface area contributed by atoms with E-state index in [9.17, 15) is 0 Å². The van der Waals surface area contributed by atoms with Gasteiger partial charge in [-0.3, -0.25) is 4.90 Å². The molecular formula is C14H29N3O. The van der Waals surface area contributed by atoms with Gasteiger partial charge in [-0.2, -0.15) is 0 Å². The van der Waals surface area contributed by atoms with Crippen LogP contribution in [0.4, 0.5) is 0 Å². The van der Waals surface area contributed by atoms with E-state index < -0.39 is 0 Å². The highest BCUT2D eigenvalue weighted by atomic mass is 16.5. The Bertz CT molecular complexity index is 253. The van der Waals surface area contributed by atoms with Crippen LogP contribution in [0, 0.1) is 0 Å². The van der Waals surface area contributed by atoms with Gasteiger partial charge in [-0.15, -0.1) is 0 Å². The van der Waals surface area contributed by atoms with E-state index in [1.165, 1.54) is 32.4 Å². The fraction of sp³-hybridized carbons (Fsp3) is 1.00. The second kappa shape index (κ2) is 6.33. The first-order chi connectivity index (χ1) is 8.72. The zero-order chi connectivity index (χ0) is 13.0. The molecule has 2 aliphatic heterocycles. The van der Waals surface area contributed by atoms with Crippen LogP contribution in [0.2, 0.25) is 0 Å². The summed E-state index contributed by atoms with van der Waals surface area (Å²) < 4.78 is 5.75. The molecule has 2 unspecified atom stereocenters. The fourth-order valence-corrected chi connectivity index (χ4v) is 3.56. The maximum absolute atomic E-state index is 6.14. The largest absolute Gasteiger partial charge is 0.379 e. The van der Waals surface area contributed by atoms with Crippen LogP contribution in [0.15, 0.2) is 0 Å². The molecule has 4 nitrogen and oxygen atoms in total. The van der Waals surface area contributed by atoms with E-state index in [4.69, 9.17) is 10.5 Å². The molecule has 4 heteroatoms. The molecule has 0 amide bonds. The lowest BCUT2D eigenvalue weighted by Gasteiger charge is -2.48. The number of rotatable bonds is 3. The summed E-state index contributed by atoms with van der Waals surface area (Å²) in [4.78, 5) is 5.14. The van der Waals surface area contributed by atoms with E-state index in [1.807, 2.05) is 0 Å². The number of ether oxygens (including phenoxy) is 1. The quantitative estimate of drug-likeness (QED) is 0.814.